The summed E-state index contributed by atoms with van der Waals surface area (Å²) in [7, 11) is 1.60. The molecule has 0 radical (unpaired) electrons. The highest BCUT2D eigenvalue weighted by Gasteiger charge is 2.45. The first-order valence-corrected chi connectivity index (χ1v) is 11.6. The van der Waals surface area contributed by atoms with Gasteiger partial charge in [-0.1, -0.05) is 17.3 Å². The van der Waals surface area contributed by atoms with Crippen LogP contribution in [-0.4, -0.2) is 46.9 Å². The number of imide groups is 1. The maximum atomic E-state index is 13.2. The number of aromatic nitrogens is 2. The largest absolute Gasteiger partial charge is 0.497 e. The highest BCUT2D eigenvalue weighted by Crippen LogP contribution is 2.39. The van der Waals surface area contributed by atoms with Gasteiger partial charge in [0.2, 0.25) is 24.4 Å². The Hall–Kier alpha value is -4.08. The molecule has 1 saturated carbocycles. The Labute approximate surface area is 201 Å². The molecule has 0 bridgehead atoms. The normalized spacial score (nSPS) is 23.1. The van der Waals surface area contributed by atoms with Crippen molar-refractivity contribution >= 4 is 11.9 Å². The molecular formula is C25H24N4O6. The van der Waals surface area contributed by atoms with Gasteiger partial charge in [0.1, 0.15) is 5.75 Å². The van der Waals surface area contributed by atoms with Gasteiger partial charge in [-0.25, -0.2) is 4.79 Å². The minimum atomic E-state index is -0.376. The minimum Gasteiger partial charge on any atom is -0.497 e. The Morgan fingerprint density at radius 2 is 1.91 bits per heavy atom. The predicted octanol–water partition coefficient (Wildman–Crippen LogP) is 3.48. The molecule has 10 nitrogen and oxygen atoms in total. The summed E-state index contributed by atoms with van der Waals surface area (Å²) < 4.78 is 21.5. The van der Waals surface area contributed by atoms with Gasteiger partial charge >= 0.3 is 6.03 Å². The molecule has 35 heavy (non-hydrogen) atoms. The molecule has 2 fully saturated rings. The summed E-state index contributed by atoms with van der Waals surface area (Å²) in [5, 5.41) is 7.17. The van der Waals surface area contributed by atoms with E-state index in [-0.39, 0.29) is 43.2 Å². The lowest BCUT2D eigenvalue weighted by molar-refractivity contribution is -0.137. The van der Waals surface area contributed by atoms with Crippen LogP contribution in [0.15, 0.2) is 47.0 Å². The highest BCUT2D eigenvalue weighted by molar-refractivity contribution is 5.98. The van der Waals surface area contributed by atoms with Gasteiger partial charge < -0.3 is 24.1 Å². The molecule has 3 aromatic rings. The van der Waals surface area contributed by atoms with Crippen molar-refractivity contribution in [3.8, 4) is 28.6 Å². The molecule has 180 valence electrons. The quantitative estimate of drug-likeness (QED) is 0.595. The molecule has 3 amide bonds. The van der Waals surface area contributed by atoms with Crippen LogP contribution in [0.4, 0.5) is 4.79 Å². The topological polar surface area (TPSA) is 116 Å². The van der Waals surface area contributed by atoms with Gasteiger partial charge in [-0.15, -0.1) is 0 Å². The molecule has 2 aromatic carbocycles. The SMILES string of the molecule is COc1ccc(CN2C(=O)NC3CC(c4nc(-c5ccc6c(c5)OCO6)no4)CCC3C2=O)cc1. The average Bonchev–Trinajstić information content (AvgIpc) is 3.56. The number of urea groups is 1. The number of methoxy groups -OCH3 is 1. The first-order chi connectivity index (χ1) is 17.1. The highest BCUT2D eigenvalue weighted by atomic mass is 16.7. The summed E-state index contributed by atoms with van der Waals surface area (Å²) in [6, 6.07) is 12.2. The van der Waals surface area contributed by atoms with Crippen LogP contribution >= 0.6 is 0 Å². The summed E-state index contributed by atoms with van der Waals surface area (Å²) in [6.07, 6.45) is 1.93. The minimum absolute atomic E-state index is 0.0345. The van der Waals surface area contributed by atoms with Gasteiger partial charge in [-0.05, 0) is 55.2 Å². The number of carbonyl (C=O) groups is 2. The number of fused-ring (bicyclic) bond motifs is 2. The summed E-state index contributed by atoms with van der Waals surface area (Å²) in [4.78, 5) is 31.9. The van der Waals surface area contributed by atoms with Crippen LogP contribution in [0, 0.1) is 5.92 Å². The van der Waals surface area contributed by atoms with E-state index in [0.29, 0.717) is 36.1 Å². The average molecular weight is 476 g/mol. The fourth-order valence-corrected chi connectivity index (χ4v) is 5.00. The third-order valence-corrected chi connectivity index (χ3v) is 6.91. The van der Waals surface area contributed by atoms with Crippen LogP contribution in [-0.2, 0) is 11.3 Å². The number of hydrogen-bond acceptors (Lipinski definition) is 8. The summed E-state index contributed by atoms with van der Waals surface area (Å²) in [6.45, 7) is 0.423. The molecule has 1 aromatic heterocycles. The third-order valence-electron chi connectivity index (χ3n) is 6.91. The van der Waals surface area contributed by atoms with Crippen LogP contribution in [0.2, 0.25) is 0 Å². The van der Waals surface area contributed by atoms with Crippen LogP contribution in [0.1, 0.15) is 36.6 Å². The van der Waals surface area contributed by atoms with Gasteiger partial charge in [-0.3, -0.25) is 9.69 Å². The van der Waals surface area contributed by atoms with Crippen molar-refractivity contribution in [2.24, 2.45) is 5.92 Å². The number of benzene rings is 2. The molecule has 1 aliphatic carbocycles. The molecule has 3 unspecified atom stereocenters. The predicted molar refractivity (Wildman–Crippen MR) is 122 cm³/mol. The Morgan fingerprint density at radius 1 is 1.09 bits per heavy atom. The van der Waals surface area contributed by atoms with Crippen LogP contribution in [0.3, 0.4) is 0 Å². The Morgan fingerprint density at radius 3 is 2.74 bits per heavy atom. The summed E-state index contributed by atoms with van der Waals surface area (Å²) in [5.74, 6) is 2.61. The summed E-state index contributed by atoms with van der Waals surface area (Å²) in [5.41, 5.74) is 1.64. The molecular weight excluding hydrogens is 452 g/mol. The van der Waals surface area contributed by atoms with E-state index in [4.69, 9.17) is 18.7 Å². The molecule has 1 N–H and O–H groups in total. The van der Waals surface area contributed by atoms with Gasteiger partial charge in [0, 0.05) is 17.5 Å². The Balaban J connectivity index is 1.13. The Kier molecular flexibility index (Phi) is 5.28. The third kappa shape index (κ3) is 3.94. The van der Waals surface area contributed by atoms with Crippen LogP contribution in [0.5, 0.6) is 17.2 Å². The fraction of sp³-hybridized carbons (Fsp3) is 0.360. The molecule has 3 atom stereocenters. The molecule has 2 aliphatic heterocycles. The van der Waals surface area contributed by atoms with Crippen molar-refractivity contribution in [1.82, 2.24) is 20.4 Å². The van der Waals surface area contributed by atoms with E-state index in [2.05, 4.69) is 15.5 Å². The number of hydrogen-bond donors (Lipinski definition) is 1. The zero-order chi connectivity index (χ0) is 23.9. The number of rotatable bonds is 5. The van der Waals surface area contributed by atoms with Gasteiger partial charge in [0.25, 0.3) is 0 Å². The second kappa shape index (κ2) is 8.61. The van der Waals surface area contributed by atoms with E-state index in [1.807, 2.05) is 42.5 Å². The van der Waals surface area contributed by atoms with Crippen LogP contribution < -0.4 is 19.5 Å². The van der Waals surface area contributed by atoms with E-state index in [1.54, 1.807) is 7.11 Å². The number of carbonyl (C=O) groups excluding carboxylic acids is 2. The van der Waals surface area contributed by atoms with Gasteiger partial charge in [0.15, 0.2) is 11.5 Å². The molecule has 0 spiro atoms. The maximum absolute atomic E-state index is 13.2. The van der Waals surface area contributed by atoms with Crippen LogP contribution in [0.25, 0.3) is 11.4 Å². The first-order valence-electron chi connectivity index (χ1n) is 11.6. The fourth-order valence-electron chi connectivity index (χ4n) is 5.00. The van der Waals surface area contributed by atoms with E-state index in [1.165, 1.54) is 4.90 Å². The number of nitrogens with zero attached hydrogens (tertiary/aromatic N) is 3. The standard InChI is InChI=1S/C25H24N4O6/c1-32-17-6-2-14(3-7-17)12-29-24(30)18-8-4-16(10-19(18)26-25(29)31)23-27-22(28-35-23)15-5-9-20-21(11-15)34-13-33-20/h2-3,5-7,9,11,16,18-19H,4,8,10,12-13H2,1H3,(H,26,31). The van der Waals surface area contributed by atoms with Crippen molar-refractivity contribution in [3.63, 3.8) is 0 Å². The lowest BCUT2D eigenvalue weighted by Gasteiger charge is -2.41. The van der Waals surface area contributed by atoms with Crippen molar-refractivity contribution < 1.29 is 28.3 Å². The number of ether oxygens (including phenoxy) is 3. The maximum Gasteiger partial charge on any atom is 0.324 e. The number of nitrogens with one attached hydrogen (secondary N) is 1. The molecule has 3 heterocycles. The van der Waals surface area contributed by atoms with Gasteiger partial charge in [0.05, 0.1) is 19.6 Å². The molecule has 1 saturated heterocycles. The lowest BCUT2D eigenvalue weighted by Crippen LogP contribution is -2.60. The second-order valence-corrected chi connectivity index (χ2v) is 8.97. The molecule has 6 rings (SSSR count). The van der Waals surface area contributed by atoms with E-state index in [9.17, 15) is 9.59 Å². The van der Waals surface area contributed by atoms with E-state index in [0.717, 1.165) is 23.3 Å². The van der Waals surface area contributed by atoms with Crippen molar-refractivity contribution in [3.05, 3.63) is 53.9 Å². The molecule has 10 heteroatoms. The number of amides is 3. The lowest BCUT2D eigenvalue weighted by atomic mass is 9.76. The van der Waals surface area contributed by atoms with Gasteiger partial charge in [-0.2, -0.15) is 4.98 Å². The smallest absolute Gasteiger partial charge is 0.324 e. The van der Waals surface area contributed by atoms with Crippen molar-refractivity contribution in [2.75, 3.05) is 13.9 Å². The molecule has 3 aliphatic rings. The second-order valence-electron chi connectivity index (χ2n) is 8.97. The Bertz CT molecular complexity index is 1270. The zero-order valence-electron chi connectivity index (χ0n) is 19.1. The van der Waals surface area contributed by atoms with E-state index >= 15 is 0 Å². The monoisotopic (exact) mass is 476 g/mol. The first kappa shape index (κ1) is 21.5. The van der Waals surface area contributed by atoms with Crippen molar-refractivity contribution in [1.29, 1.82) is 0 Å². The zero-order valence-corrected chi connectivity index (χ0v) is 19.1. The van der Waals surface area contributed by atoms with Crippen molar-refractivity contribution in [2.45, 2.75) is 37.8 Å². The van der Waals surface area contributed by atoms with E-state index < -0.39 is 0 Å². The summed E-state index contributed by atoms with van der Waals surface area (Å²) >= 11 is 0.